The quantitative estimate of drug-likeness (QED) is 0.465. The lowest BCUT2D eigenvalue weighted by atomic mass is 10.3. The molecule has 2 saturated heterocycles. The highest BCUT2D eigenvalue weighted by Gasteiger charge is 2.46. The fourth-order valence-corrected chi connectivity index (χ4v) is 1.91. The van der Waals surface area contributed by atoms with E-state index in [4.69, 9.17) is 9.47 Å². The van der Waals surface area contributed by atoms with Crippen LogP contribution in [-0.2, 0) is 9.47 Å². The van der Waals surface area contributed by atoms with Gasteiger partial charge in [-0.1, -0.05) is 0 Å². The van der Waals surface area contributed by atoms with Crippen molar-refractivity contribution < 1.29 is 14.4 Å². The molecule has 11 heavy (non-hydrogen) atoms. The van der Waals surface area contributed by atoms with Gasteiger partial charge in [0.1, 0.15) is 12.2 Å². The van der Waals surface area contributed by atoms with Crippen LogP contribution in [0, 0.1) is 7.05 Å². The normalized spacial score (nSPS) is 47.7. The van der Waals surface area contributed by atoms with E-state index in [1.54, 1.807) is 0 Å². The van der Waals surface area contributed by atoms with E-state index in [1.165, 1.54) is 4.90 Å². The third kappa shape index (κ3) is 1.28. The van der Waals surface area contributed by atoms with Crippen molar-refractivity contribution in [2.24, 2.45) is 0 Å². The molecule has 2 aliphatic heterocycles. The van der Waals surface area contributed by atoms with E-state index >= 15 is 0 Å². The summed E-state index contributed by atoms with van der Waals surface area (Å²) in [4.78, 5) is 1.26. The Morgan fingerprint density at radius 3 is 2.18 bits per heavy atom. The molecule has 1 unspecified atom stereocenters. The van der Waals surface area contributed by atoms with E-state index < -0.39 is 0 Å². The van der Waals surface area contributed by atoms with Gasteiger partial charge in [0.2, 0.25) is 0 Å². The Hall–Kier alpha value is -0.120. The molecule has 0 amide bonds. The van der Waals surface area contributed by atoms with Crippen LogP contribution in [0.25, 0.3) is 0 Å². The van der Waals surface area contributed by atoms with Crippen LogP contribution < -0.4 is 4.90 Å². The lowest BCUT2D eigenvalue weighted by molar-refractivity contribution is -0.844. The van der Waals surface area contributed by atoms with Crippen molar-refractivity contribution in [3.63, 3.8) is 0 Å². The van der Waals surface area contributed by atoms with E-state index in [2.05, 4.69) is 7.05 Å². The first-order chi connectivity index (χ1) is 5.07. The summed E-state index contributed by atoms with van der Waals surface area (Å²) < 4.78 is 11.3. The number of fused-ring (bicyclic) bond motifs is 1. The Morgan fingerprint density at radius 2 is 1.73 bits per heavy atom. The van der Waals surface area contributed by atoms with Crippen molar-refractivity contribution in [3.8, 4) is 0 Å². The molecule has 0 radical (unpaired) electrons. The zero-order valence-electron chi connectivity index (χ0n) is 7.09. The average molecular weight is 157 g/mol. The summed E-state index contributed by atoms with van der Waals surface area (Å²) in [7, 11) is 3.92. The molecule has 0 bridgehead atoms. The molecule has 3 atom stereocenters. The predicted molar refractivity (Wildman–Crippen MR) is 39.9 cm³/mol. The first-order valence-electron chi connectivity index (χ1n) is 4.09. The van der Waals surface area contributed by atoms with Crippen molar-refractivity contribution in [2.45, 2.75) is 31.8 Å². The Morgan fingerprint density at radius 1 is 1.27 bits per heavy atom. The largest absolute Gasteiger partial charge is 0.463 e. The summed E-state index contributed by atoms with van der Waals surface area (Å²) in [5, 5.41) is 0. The molecule has 0 spiro atoms. The SMILES string of the molecule is [CH2-][NH+]1C[C@@H]2OC(C)(C)O[C@@H]2C1. The van der Waals surface area contributed by atoms with Gasteiger partial charge in [-0.3, -0.25) is 0 Å². The van der Waals surface area contributed by atoms with Crippen LogP contribution in [0.4, 0.5) is 0 Å². The summed E-state index contributed by atoms with van der Waals surface area (Å²) in [5.74, 6) is -0.365. The minimum absolute atomic E-state index is 0.275. The molecule has 0 aromatic heterocycles. The Kier molecular flexibility index (Phi) is 1.50. The Bertz CT molecular complexity index is 153. The first-order valence-corrected chi connectivity index (χ1v) is 4.09. The second-order valence-corrected chi connectivity index (χ2v) is 3.87. The number of quaternary nitrogens is 1. The van der Waals surface area contributed by atoms with Gasteiger partial charge in [-0.2, -0.15) is 7.05 Å². The molecule has 2 heterocycles. The first kappa shape index (κ1) is 7.53. The maximum atomic E-state index is 5.66. The van der Waals surface area contributed by atoms with Crippen molar-refractivity contribution >= 4 is 0 Å². The molecule has 2 rings (SSSR count). The van der Waals surface area contributed by atoms with Crippen LogP contribution in [0.1, 0.15) is 13.8 Å². The van der Waals surface area contributed by atoms with Crippen LogP contribution >= 0.6 is 0 Å². The van der Waals surface area contributed by atoms with Crippen LogP contribution in [0.15, 0.2) is 0 Å². The molecule has 3 nitrogen and oxygen atoms in total. The summed E-state index contributed by atoms with van der Waals surface area (Å²) in [6.07, 6.45) is 0.551. The van der Waals surface area contributed by atoms with Gasteiger partial charge in [0, 0.05) is 0 Å². The zero-order chi connectivity index (χ0) is 8.06. The molecule has 2 aliphatic rings. The summed E-state index contributed by atoms with van der Waals surface area (Å²) in [5.41, 5.74) is 0. The third-order valence-electron chi connectivity index (χ3n) is 2.26. The molecule has 1 N–H and O–H groups in total. The number of hydrogen-bond donors (Lipinski definition) is 1. The molecule has 0 saturated carbocycles. The van der Waals surface area contributed by atoms with Gasteiger partial charge in [0.15, 0.2) is 5.79 Å². The van der Waals surface area contributed by atoms with Gasteiger partial charge in [0.05, 0.1) is 13.1 Å². The van der Waals surface area contributed by atoms with Crippen LogP contribution in [0.2, 0.25) is 0 Å². The molecule has 64 valence electrons. The van der Waals surface area contributed by atoms with E-state index in [9.17, 15) is 0 Å². The van der Waals surface area contributed by atoms with Crippen LogP contribution in [-0.4, -0.2) is 31.1 Å². The minimum Gasteiger partial charge on any atom is -0.463 e. The second-order valence-electron chi connectivity index (χ2n) is 3.87. The van der Waals surface area contributed by atoms with Gasteiger partial charge in [-0.05, 0) is 13.8 Å². The number of likely N-dealkylation sites (tertiary alicyclic amines) is 1. The average Bonchev–Trinajstić information content (AvgIpc) is 2.17. The molecular formula is C8H15NO2. The summed E-state index contributed by atoms with van der Waals surface area (Å²) in [6, 6.07) is 0. The fraction of sp³-hybridized carbons (Fsp3) is 0.875. The van der Waals surface area contributed by atoms with Crippen LogP contribution in [0.5, 0.6) is 0 Å². The molecule has 0 aromatic carbocycles. The smallest absolute Gasteiger partial charge is 0.164 e. The second kappa shape index (κ2) is 2.19. The molecule has 2 fully saturated rings. The van der Waals surface area contributed by atoms with Gasteiger partial charge in [-0.25, -0.2) is 0 Å². The maximum Gasteiger partial charge on any atom is 0.164 e. The standard InChI is InChI=1S/C8H15NO2/c1-8(2)10-6-4-9(3)5-7(6)11-8/h6-7,9H,3-5H2,1-2H3/t6-,7+. The lowest BCUT2D eigenvalue weighted by Gasteiger charge is -2.21. The summed E-state index contributed by atoms with van der Waals surface area (Å²) in [6.45, 7) is 5.89. The molecule has 0 aromatic rings. The van der Waals surface area contributed by atoms with E-state index in [0.717, 1.165) is 13.1 Å². The fourth-order valence-electron chi connectivity index (χ4n) is 1.91. The predicted octanol–water partition coefficient (Wildman–Crippen LogP) is -0.803. The zero-order valence-corrected chi connectivity index (χ0v) is 7.09. The van der Waals surface area contributed by atoms with Crippen LogP contribution in [0.3, 0.4) is 0 Å². The van der Waals surface area contributed by atoms with Gasteiger partial charge in [-0.15, -0.1) is 0 Å². The van der Waals surface area contributed by atoms with E-state index in [0.29, 0.717) is 0 Å². The summed E-state index contributed by atoms with van der Waals surface area (Å²) >= 11 is 0. The van der Waals surface area contributed by atoms with Crippen molar-refractivity contribution in [1.29, 1.82) is 0 Å². The topological polar surface area (TPSA) is 22.9 Å². The van der Waals surface area contributed by atoms with Crippen molar-refractivity contribution in [3.05, 3.63) is 7.05 Å². The maximum absolute atomic E-state index is 5.66. The Labute approximate surface area is 67.3 Å². The highest BCUT2D eigenvalue weighted by Crippen LogP contribution is 2.28. The number of nitrogens with one attached hydrogen (secondary N) is 1. The van der Waals surface area contributed by atoms with Gasteiger partial charge < -0.3 is 14.4 Å². The number of ether oxygens (including phenoxy) is 2. The third-order valence-corrected chi connectivity index (χ3v) is 2.26. The van der Waals surface area contributed by atoms with Crippen molar-refractivity contribution in [1.82, 2.24) is 0 Å². The highest BCUT2D eigenvalue weighted by molar-refractivity contribution is 4.83. The number of hydrogen-bond acceptors (Lipinski definition) is 2. The molecular weight excluding hydrogens is 142 g/mol. The molecule has 0 aliphatic carbocycles. The van der Waals surface area contributed by atoms with E-state index in [1.807, 2.05) is 13.8 Å². The molecule has 3 heteroatoms. The minimum atomic E-state index is -0.365. The van der Waals surface area contributed by atoms with Gasteiger partial charge >= 0.3 is 0 Å². The monoisotopic (exact) mass is 157 g/mol. The van der Waals surface area contributed by atoms with Crippen molar-refractivity contribution in [2.75, 3.05) is 13.1 Å². The Balaban J connectivity index is 2.04. The highest BCUT2D eigenvalue weighted by atomic mass is 16.8. The lowest BCUT2D eigenvalue weighted by Crippen LogP contribution is -3.05. The van der Waals surface area contributed by atoms with Gasteiger partial charge in [0.25, 0.3) is 0 Å². The number of rotatable bonds is 0. The van der Waals surface area contributed by atoms with E-state index in [-0.39, 0.29) is 18.0 Å².